The summed E-state index contributed by atoms with van der Waals surface area (Å²) in [6.07, 6.45) is -0.420. The first-order valence-corrected chi connectivity index (χ1v) is 14.6. The predicted molar refractivity (Wildman–Crippen MR) is 169 cm³/mol. The summed E-state index contributed by atoms with van der Waals surface area (Å²) in [5.74, 6) is 0.936. The molecule has 0 unspecified atom stereocenters. The van der Waals surface area contributed by atoms with Crippen molar-refractivity contribution >= 4 is 51.9 Å². The molecule has 2 heterocycles. The monoisotopic (exact) mass is 600 g/mol. The van der Waals surface area contributed by atoms with Crippen LogP contribution in [0.5, 0.6) is 5.75 Å². The van der Waals surface area contributed by atoms with Gasteiger partial charge in [-0.15, -0.1) is 5.10 Å². The molecule has 1 fully saturated rings. The molecule has 0 aliphatic carbocycles. The normalized spacial score (nSPS) is 16.9. The summed E-state index contributed by atoms with van der Waals surface area (Å²) in [6, 6.07) is 31.2. The molecule has 0 N–H and O–H groups in total. The van der Waals surface area contributed by atoms with Crippen LogP contribution < -0.4 is 19.5 Å². The van der Waals surface area contributed by atoms with Gasteiger partial charge in [0, 0.05) is 47.0 Å². The number of carbonyl (C=O) groups is 1. The van der Waals surface area contributed by atoms with Crippen LogP contribution in [-0.4, -0.2) is 37.9 Å². The first-order chi connectivity index (χ1) is 20.5. The van der Waals surface area contributed by atoms with Crippen LogP contribution in [0, 0.1) is 0 Å². The maximum absolute atomic E-state index is 13.0. The zero-order chi connectivity index (χ0) is 29.1. The Morgan fingerprint density at radius 3 is 2.17 bits per heavy atom. The van der Waals surface area contributed by atoms with Crippen LogP contribution in [0.15, 0.2) is 102 Å². The van der Waals surface area contributed by atoms with E-state index in [0.717, 1.165) is 41.3 Å². The third kappa shape index (κ3) is 5.95. The number of carbonyl (C=O) groups excluding carboxylic acids is 1. The van der Waals surface area contributed by atoms with E-state index in [2.05, 4.69) is 17.0 Å². The Morgan fingerprint density at radius 1 is 0.857 bits per heavy atom. The molecular formula is C33H30Cl2N4O3. The third-order valence-electron chi connectivity index (χ3n) is 7.35. The number of anilines is 3. The van der Waals surface area contributed by atoms with Crippen molar-refractivity contribution in [2.75, 3.05) is 41.1 Å². The van der Waals surface area contributed by atoms with Gasteiger partial charge < -0.3 is 14.4 Å². The van der Waals surface area contributed by atoms with Gasteiger partial charge in [0.2, 0.25) is 0 Å². The van der Waals surface area contributed by atoms with Gasteiger partial charge in [0.15, 0.2) is 17.8 Å². The smallest absolute Gasteiger partial charge is 0.198 e. The Labute approximate surface area is 255 Å². The maximum Gasteiger partial charge on any atom is 0.198 e. The summed E-state index contributed by atoms with van der Waals surface area (Å²) in [5.41, 5.74) is 4.65. The molecule has 9 heteroatoms. The fourth-order valence-electron chi connectivity index (χ4n) is 5.18. The Kier molecular flexibility index (Phi) is 8.33. The Hall–Kier alpha value is -4.04. The zero-order valence-corrected chi connectivity index (χ0v) is 24.6. The number of rotatable bonds is 8. The lowest BCUT2D eigenvalue weighted by Gasteiger charge is -2.33. The van der Waals surface area contributed by atoms with E-state index < -0.39 is 6.17 Å². The highest BCUT2D eigenvalue weighted by molar-refractivity contribution is 6.44. The molecule has 6 rings (SSSR count). The summed E-state index contributed by atoms with van der Waals surface area (Å²) in [4.78, 5) is 17.3. The molecule has 42 heavy (non-hydrogen) atoms. The molecule has 2 aliphatic heterocycles. The Bertz CT molecular complexity index is 1570. The van der Waals surface area contributed by atoms with Crippen LogP contribution in [0.25, 0.3) is 0 Å². The van der Waals surface area contributed by atoms with Crippen LogP contribution in [0.1, 0.15) is 24.2 Å². The summed E-state index contributed by atoms with van der Waals surface area (Å²) in [7, 11) is 0. The molecule has 4 aromatic rings. The topological polar surface area (TPSA) is 57.6 Å². The van der Waals surface area contributed by atoms with Crippen LogP contribution in [-0.2, 0) is 16.1 Å². The van der Waals surface area contributed by atoms with Crippen molar-refractivity contribution in [2.45, 2.75) is 19.7 Å². The number of hydrogen-bond acceptors (Lipinski definition) is 7. The average Bonchev–Trinajstić information content (AvgIpc) is 3.43. The van der Waals surface area contributed by atoms with Gasteiger partial charge in [-0.3, -0.25) is 9.69 Å². The van der Waals surface area contributed by atoms with Crippen LogP contribution in [0.2, 0.25) is 10.0 Å². The Morgan fingerprint density at radius 2 is 1.50 bits per heavy atom. The SMILES string of the molecule is CC(=O)C1=NN(c2ccc(Cl)cc2)[C@H](c2ccc(OCc3ccccc3Cl)cc2)N1c1ccc(N2CCOCC2)cc1. The van der Waals surface area contributed by atoms with E-state index in [1.54, 1.807) is 6.92 Å². The van der Waals surface area contributed by atoms with Gasteiger partial charge in [0.1, 0.15) is 12.4 Å². The van der Waals surface area contributed by atoms with Gasteiger partial charge in [-0.2, -0.15) is 0 Å². The number of hydrazone groups is 1. The van der Waals surface area contributed by atoms with Crippen molar-refractivity contribution in [1.82, 2.24) is 0 Å². The van der Waals surface area contributed by atoms with E-state index in [1.165, 1.54) is 0 Å². The standard InChI is InChI=1S/C33H30Cl2N4O3/c1-23(40)32-36-39(29-10-8-26(34)9-11-29)33(38(32)28-14-12-27(13-15-28)37-18-20-41-21-19-37)24-6-16-30(17-7-24)42-22-25-4-2-3-5-31(25)35/h2-17,33H,18-22H2,1H3/t33-/m1/s1. The van der Waals surface area contributed by atoms with E-state index in [1.807, 2.05) is 94.8 Å². The second kappa shape index (κ2) is 12.4. The number of amidine groups is 1. The Balaban J connectivity index is 1.33. The number of benzene rings is 4. The van der Waals surface area contributed by atoms with E-state index in [9.17, 15) is 4.79 Å². The summed E-state index contributed by atoms with van der Waals surface area (Å²) < 4.78 is 11.5. The van der Waals surface area contributed by atoms with Crippen LogP contribution >= 0.6 is 23.2 Å². The summed E-state index contributed by atoms with van der Waals surface area (Å²) >= 11 is 12.5. The minimum atomic E-state index is -0.420. The molecule has 0 bridgehead atoms. The first kappa shape index (κ1) is 28.1. The molecule has 1 atom stereocenters. The highest BCUT2D eigenvalue weighted by Gasteiger charge is 2.39. The number of hydrogen-bond donors (Lipinski definition) is 0. The molecule has 0 saturated carbocycles. The van der Waals surface area contributed by atoms with Crippen LogP contribution in [0.3, 0.4) is 0 Å². The van der Waals surface area contributed by atoms with Gasteiger partial charge in [0.05, 0.1) is 18.9 Å². The van der Waals surface area contributed by atoms with E-state index in [0.29, 0.717) is 41.5 Å². The highest BCUT2D eigenvalue weighted by Crippen LogP contribution is 2.40. The third-order valence-corrected chi connectivity index (χ3v) is 7.97. The number of ketones is 1. The molecule has 214 valence electrons. The molecule has 4 aromatic carbocycles. The van der Waals surface area contributed by atoms with Crippen molar-refractivity contribution in [3.63, 3.8) is 0 Å². The summed E-state index contributed by atoms with van der Waals surface area (Å²) in [5, 5.41) is 7.99. The zero-order valence-electron chi connectivity index (χ0n) is 23.1. The largest absolute Gasteiger partial charge is 0.489 e. The second-order valence-electron chi connectivity index (χ2n) is 10.1. The van der Waals surface area contributed by atoms with E-state index >= 15 is 0 Å². The highest BCUT2D eigenvalue weighted by atomic mass is 35.5. The molecule has 7 nitrogen and oxygen atoms in total. The average molecular weight is 602 g/mol. The van der Waals surface area contributed by atoms with Crippen molar-refractivity contribution in [2.24, 2.45) is 5.10 Å². The van der Waals surface area contributed by atoms with Gasteiger partial charge in [-0.25, -0.2) is 5.01 Å². The number of morpholine rings is 1. The number of Topliss-reactive ketones (excluding diaryl/α,β-unsaturated/α-hetero) is 1. The first-order valence-electron chi connectivity index (χ1n) is 13.8. The molecule has 0 aromatic heterocycles. The van der Waals surface area contributed by atoms with Crippen molar-refractivity contribution in [3.8, 4) is 5.75 Å². The fourth-order valence-corrected chi connectivity index (χ4v) is 5.49. The minimum absolute atomic E-state index is 0.131. The van der Waals surface area contributed by atoms with Gasteiger partial charge in [0.25, 0.3) is 0 Å². The quantitative estimate of drug-likeness (QED) is 0.211. The molecule has 0 spiro atoms. The molecule has 0 radical (unpaired) electrons. The predicted octanol–water partition coefficient (Wildman–Crippen LogP) is 7.34. The minimum Gasteiger partial charge on any atom is -0.489 e. The lowest BCUT2D eigenvalue weighted by molar-refractivity contribution is -0.111. The number of halogens is 2. The van der Waals surface area contributed by atoms with Gasteiger partial charge in [-0.05, 0) is 72.3 Å². The van der Waals surface area contributed by atoms with Crippen molar-refractivity contribution < 1.29 is 14.3 Å². The molecular weight excluding hydrogens is 571 g/mol. The van der Waals surface area contributed by atoms with Crippen molar-refractivity contribution in [1.29, 1.82) is 0 Å². The van der Waals surface area contributed by atoms with E-state index in [4.69, 9.17) is 37.8 Å². The lowest BCUT2D eigenvalue weighted by Crippen LogP contribution is -2.38. The number of ether oxygens (including phenoxy) is 2. The molecule has 2 aliphatic rings. The maximum atomic E-state index is 13.0. The number of nitrogens with zero attached hydrogens (tertiary/aromatic N) is 4. The fraction of sp³-hybridized carbons (Fsp3) is 0.212. The van der Waals surface area contributed by atoms with Gasteiger partial charge in [-0.1, -0.05) is 53.5 Å². The molecule has 1 saturated heterocycles. The lowest BCUT2D eigenvalue weighted by atomic mass is 10.1. The van der Waals surface area contributed by atoms with Gasteiger partial charge >= 0.3 is 0 Å². The van der Waals surface area contributed by atoms with Crippen LogP contribution in [0.4, 0.5) is 17.1 Å². The molecule has 0 amide bonds. The van der Waals surface area contributed by atoms with E-state index in [-0.39, 0.29) is 5.78 Å². The summed E-state index contributed by atoms with van der Waals surface area (Å²) in [6.45, 7) is 5.03. The second-order valence-corrected chi connectivity index (χ2v) is 11.0. The van der Waals surface area contributed by atoms with Crippen molar-refractivity contribution in [3.05, 3.63) is 118 Å².